The Balaban J connectivity index is 1.18. The molecule has 204 valence electrons. The van der Waals surface area contributed by atoms with Crippen LogP contribution in [0.25, 0.3) is 28.5 Å². The number of fused-ring (bicyclic) bond motifs is 1. The standard InChI is InChI=1S/C29H29FN8O2/c1-36(2)23-11-9-21(10-12-23)33-28(39)37-15-3-4-22(18-37)32-27-31-14-13-24(34-27)26-25(19-5-7-20(30)8-6-19)35-29-38(26)16-17-40-29/h5-14,16-17,22H,3-4,15,18H2,1-2H3,(H,33,39)(H,31,32,34)/t22-/m1/s1. The third-order valence-electron chi connectivity index (χ3n) is 6.95. The Labute approximate surface area is 230 Å². The lowest BCUT2D eigenvalue weighted by Gasteiger charge is -2.33. The number of hydrogen-bond donors (Lipinski definition) is 2. The summed E-state index contributed by atoms with van der Waals surface area (Å²) in [5, 5.41) is 6.41. The highest BCUT2D eigenvalue weighted by molar-refractivity contribution is 5.89. The zero-order valence-corrected chi connectivity index (χ0v) is 22.2. The van der Waals surface area contributed by atoms with E-state index in [1.54, 1.807) is 36.9 Å². The van der Waals surface area contributed by atoms with Crippen LogP contribution in [0.3, 0.4) is 0 Å². The summed E-state index contributed by atoms with van der Waals surface area (Å²) in [5.41, 5.74) is 4.54. The molecular formula is C29H29FN8O2. The van der Waals surface area contributed by atoms with Crippen LogP contribution >= 0.6 is 0 Å². The number of rotatable bonds is 6. The van der Waals surface area contributed by atoms with Gasteiger partial charge in [-0.25, -0.2) is 19.2 Å². The summed E-state index contributed by atoms with van der Waals surface area (Å²) < 4.78 is 20.9. The molecule has 0 radical (unpaired) electrons. The SMILES string of the molecule is CN(C)c1ccc(NC(=O)N2CCC[C@@H](Nc3nccc(-c4c(-c5ccc(F)cc5)nc5occn45)n3)C2)cc1. The number of aromatic nitrogens is 4. The van der Waals surface area contributed by atoms with Gasteiger partial charge in [-0.3, -0.25) is 4.40 Å². The van der Waals surface area contributed by atoms with Crippen molar-refractivity contribution >= 4 is 29.2 Å². The van der Waals surface area contributed by atoms with Crippen LogP contribution in [0.15, 0.2) is 77.7 Å². The van der Waals surface area contributed by atoms with E-state index in [1.165, 1.54) is 12.1 Å². The minimum Gasteiger partial charge on any atom is -0.432 e. The molecule has 0 unspecified atom stereocenters. The van der Waals surface area contributed by atoms with E-state index in [0.717, 1.165) is 29.8 Å². The van der Waals surface area contributed by atoms with Crippen LogP contribution in [0.5, 0.6) is 0 Å². The molecule has 0 bridgehead atoms. The predicted molar refractivity (Wildman–Crippen MR) is 152 cm³/mol. The summed E-state index contributed by atoms with van der Waals surface area (Å²) in [6.45, 7) is 1.20. The highest BCUT2D eigenvalue weighted by Gasteiger charge is 2.25. The van der Waals surface area contributed by atoms with Gasteiger partial charge in [0.1, 0.15) is 23.5 Å². The fraction of sp³-hybridized carbons (Fsp3) is 0.241. The number of nitrogens with zero attached hydrogens (tertiary/aromatic N) is 6. The van der Waals surface area contributed by atoms with E-state index in [-0.39, 0.29) is 17.9 Å². The normalized spacial score (nSPS) is 15.3. The number of amides is 2. The number of piperidine rings is 1. The fourth-order valence-electron chi connectivity index (χ4n) is 4.91. The van der Waals surface area contributed by atoms with E-state index >= 15 is 0 Å². The van der Waals surface area contributed by atoms with Crippen molar-refractivity contribution in [3.05, 3.63) is 79.1 Å². The Morgan fingerprint density at radius 3 is 2.65 bits per heavy atom. The van der Waals surface area contributed by atoms with Crippen molar-refractivity contribution in [1.29, 1.82) is 0 Å². The Kier molecular flexibility index (Phi) is 6.77. The molecule has 1 fully saturated rings. The number of benzene rings is 2. The molecule has 2 aromatic carbocycles. The largest absolute Gasteiger partial charge is 0.432 e. The van der Waals surface area contributed by atoms with Crippen LogP contribution in [-0.2, 0) is 0 Å². The molecule has 3 aromatic heterocycles. The van der Waals surface area contributed by atoms with Crippen molar-refractivity contribution < 1.29 is 13.6 Å². The van der Waals surface area contributed by atoms with Gasteiger partial charge in [0.05, 0.1) is 5.69 Å². The maximum Gasteiger partial charge on any atom is 0.321 e. The lowest BCUT2D eigenvalue weighted by molar-refractivity contribution is 0.196. The summed E-state index contributed by atoms with van der Waals surface area (Å²) in [5.74, 6) is 0.541. The van der Waals surface area contributed by atoms with Crippen LogP contribution in [0, 0.1) is 5.82 Å². The van der Waals surface area contributed by atoms with Gasteiger partial charge >= 0.3 is 11.9 Å². The highest BCUT2D eigenvalue weighted by atomic mass is 19.1. The zero-order valence-electron chi connectivity index (χ0n) is 22.2. The summed E-state index contributed by atoms with van der Waals surface area (Å²) in [6.07, 6.45) is 6.75. The number of carbonyl (C=O) groups is 1. The first-order valence-corrected chi connectivity index (χ1v) is 13.1. The first-order chi connectivity index (χ1) is 19.4. The number of urea groups is 1. The van der Waals surface area contributed by atoms with Crippen LogP contribution in [-0.4, -0.2) is 63.5 Å². The van der Waals surface area contributed by atoms with E-state index in [2.05, 4.69) is 20.6 Å². The van der Waals surface area contributed by atoms with E-state index in [4.69, 9.17) is 9.40 Å². The van der Waals surface area contributed by atoms with Gasteiger partial charge in [0.25, 0.3) is 0 Å². The zero-order chi connectivity index (χ0) is 27.6. The van der Waals surface area contributed by atoms with Gasteiger partial charge in [-0.1, -0.05) is 0 Å². The maximum absolute atomic E-state index is 13.6. The van der Waals surface area contributed by atoms with E-state index in [0.29, 0.717) is 42.0 Å². The van der Waals surface area contributed by atoms with Crippen molar-refractivity contribution in [2.45, 2.75) is 18.9 Å². The minimum atomic E-state index is -0.320. The molecule has 4 heterocycles. The maximum atomic E-state index is 13.6. The van der Waals surface area contributed by atoms with Gasteiger partial charge in [0.2, 0.25) is 5.95 Å². The summed E-state index contributed by atoms with van der Waals surface area (Å²) >= 11 is 0. The van der Waals surface area contributed by atoms with Gasteiger partial charge < -0.3 is 24.9 Å². The molecule has 11 heteroatoms. The molecule has 0 saturated carbocycles. The Hall–Kier alpha value is -4.93. The van der Waals surface area contributed by atoms with Crippen molar-refractivity contribution in [2.75, 3.05) is 42.7 Å². The quantitative estimate of drug-likeness (QED) is 0.299. The number of imidazole rings is 1. The van der Waals surface area contributed by atoms with Crippen molar-refractivity contribution in [1.82, 2.24) is 24.3 Å². The van der Waals surface area contributed by atoms with Gasteiger partial charge in [0, 0.05) is 62.6 Å². The third kappa shape index (κ3) is 5.18. The average molecular weight is 541 g/mol. The summed E-state index contributed by atoms with van der Waals surface area (Å²) in [4.78, 5) is 30.6. The Morgan fingerprint density at radius 2 is 1.88 bits per heavy atom. The molecule has 1 aliphatic rings. The first kappa shape index (κ1) is 25.4. The molecule has 40 heavy (non-hydrogen) atoms. The first-order valence-electron chi connectivity index (χ1n) is 13.1. The summed E-state index contributed by atoms with van der Waals surface area (Å²) in [7, 11) is 3.96. The molecular weight excluding hydrogens is 511 g/mol. The van der Waals surface area contributed by atoms with E-state index in [1.807, 2.05) is 52.6 Å². The molecule has 0 spiro atoms. The number of hydrogen-bond acceptors (Lipinski definition) is 7. The smallest absolute Gasteiger partial charge is 0.321 e. The second-order valence-corrected chi connectivity index (χ2v) is 9.94. The molecule has 10 nitrogen and oxygen atoms in total. The van der Waals surface area contributed by atoms with Crippen molar-refractivity contribution in [3.63, 3.8) is 0 Å². The number of oxazole rings is 1. The lowest BCUT2D eigenvalue weighted by atomic mass is 10.1. The topological polar surface area (TPSA) is 104 Å². The number of nitrogens with one attached hydrogen (secondary N) is 2. The Bertz CT molecular complexity index is 1630. The van der Waals surface area contributed by atoms with Gasteiger partial charge in [0.15, 0.2) is 0 Å². The molecule has 1 atom stereocenters. The second kappa shape index (κ2) is 10.7. The average Bonchev–Trinajstić information content (AvgIpc) is 3.56. The monoisotopic (exact) mass is 540 g/mol. The molecule has 5 aromatic rings. The molecule has 2 amide bonds. The van der Waals surface area contributed by atoms with Crippen molar-refractivity contribution in [2.24, 2.45) is 0 Å². The van der Waals surface area contributed by atoms with Crippen LogP contribution < -0.4 is 15.5 Å². The van der Waals surface area contributed by atoms with Crippen LogP contribution in [0.2, 0.25) is 0 Å². The molecule has 2 N–H and O–H groups in total. The van der Waals surface area contributed by atoms with Gasteiger partial charge in [-0.2, -0.15) is 4.98 Å². The van der Waals surface area contributed by atoms with Crippen LogP contribution in [0.1, 0.15) is 12.8 Å². The lowest BCUT2D eigenvalue weighted by Crippen LogP contribution is -2.47. The number of anilines is 3. The van der Waals surface area contributed by atoms with Gasteiger partial charge in [-0.05, 0) is 67.4 Å². The Morgan fingerprint density at radius 1 is 1.07 bits per heavy atom. The van der Waals surface area contributed by atoms with Gasteiger partial charge in [-0.15, -0.1) is 0 Å². The van der Waals surface area contributed by atoms with Crippen LogP contribution in [0.4, 0.5) is 26.5 Å². The number of carbonyl (C=O) groups excluding carboxylic acids is 1. The molecule has 1 saturated heterocycles. The number of likely N-dealkylation sites (tertiary alicyclic amines) is 1. The molecule has 0 aliphatic carbocycles. The minimum absolute atomic E-state index is 0.0122. The highest BCUT2D eigenvalue weighted by Crippen LogP contribution is 2.32. The van der Waals surface area contributed by atoms with E-state index < -0.39 is 0 Å². The van der Waals surface area contributed by atoms with E-state index in [9.17, 15) is 9.18 Å². The molecule has 1 aliphatic heterocycles. The number of halogens is 1. The fourth-order valence-corrected chi connectivity index (χ4v) is 4.91. The second-order valence-electron chi connectivity index (χ2n) is 9.94. The predicted octanol–water partition coefficient (Wildman–Crippen LogP) is 5.36. The summed E-state index contributed by atoms with van der Waals surface area (Å²) in [6, 6.07) is 15.6. The molecule has 6 rings (SSSR count). The van der Waals surface area contributed by atoms with Crippen molar-refractivity contribution in [3.8, 4) is 22.6 Å². The third-order valence-corrected chi connectivity index (χ3v) is 6.95.